The van der Waals surface area contributed by atoms with Crippen LogP contribution < -0.4 is 21.1 Å². The number of nitrogen functional groups attached to an aromatic ring is 1. The van der Waals surface area contributed by atoms with E-state index in [1.165, 1.54) is 4.90 Å². The van der Waals surface area contributed by atoms with Crippen LogP contribution in [0.25, 0.3) is 11.1 Å². The van der Waals surface area contributed by atoms with Crippen LogP contribution in [0.4, 0.5) is 11.4 Å². The van der Waals surface area contributed by atoms with Gasteiger partial charge < -0.3 is 20.9 Å². The lowest BCUT2D eigenvalue weighted by Crippen LogP contribution is -2.65. The van der Waals surface area contributed by atoms with Gasteiger partial charge in [-0.3, -0.25) is 19.4 Å². The maximum Gasteiger partial charge on any atom is 0.266 e. The van der Waals surface area contributed by atoms with Crippen molar-refractivity contribution >= 4 is 46.4 Å². The van der Waals surface area contributed by atoms with Crippen LogP contribution in [0.1, 0.15) is 18.4 Å². The number of primary amides is 1. The molecule has 2 heterocycles. The van der Waals surface area contributed by atoms with E-state index in [9.17, 15) is 9.59 Å². The molecule has 3 aromatic carbocycles. The van der Waals surface area contributed by atoms with E-state index in [1.54, 1.807) is 19.1 Å². The van der Waals surface area contributed by atoms with Crippen LogP contribution in [-0.2, 0) is 14.3 Å². The number of anilines is 2. The number of halogens is 2. The quantitative estimate of drug-likeness (QED) is 0.410. The van der Waals surface area contributed by atoms with Crippen molar-refractivity contribution in [1.29, 1.82) is 0 Å². The Kier molecular flexibility index (Phi) is 7.73. The van der Waals surface area contributed by atoms with Crippen molar-refractivity contribution in [2.75, 3.05) is 50.1 Å². The molecule has 0 aliphatic carbocycles. The summed E-state index contributed by atoms with van der Waals surface area (Å²) in [6.45, 7) is 4.50. The Morgan fingerprint density at radius 1 is 1.00 bits per heavy atom. The smallest absolute Gasteiger partial charge is 0.266 e. The van der Waals surface area contributed by atoms with Crippen LogP contribution in [-0.4, -0.2) is 61.7 Å². The normalized spacial score (nSPS) is 18.1. The Hall–Kier alpha value is -3.30. The number of fused-ring (bicyclic) bond motifs is 1. The monoisotopic (exact) mass is 568 g/mol. The van der Waals surface area contributed by atoms with Gasteiger partial charge in [0.25, 0.3) is 5.91 Å². The third-order valence-corrected chi connectivity index (χ3v) is 8.31. The maximum absolute atomic E-state index is 13.5. The van der Waals surface area contributed by atoms with Gasteiger partial charge in [0.15, 0.2) is 6.61 Å². The van der Waals surface area contributed by atoms with E-state index in [0.29, 0.717) is 50.0 Å². The van der Waals surface area contributed by atoms with Crippen LogP contribution >= 0.6 is 23.2 Å². The van der Waals surface area contributed by atoms with Crippen molar-refractivity contribution in [3.63, 3.8) is 0 Å². The number of nitrogens with zero attached hydrogens (tertiary/aromatic N) is 2. The van der Waals surface area contributed by atoms with Gasteiger partial charge in [0.1, 0.15) is 11.3 Å². The minimum atomic E-state index is -1.46. The van der Waals surface area contributed by atoms with Crippen LogP contribution in [0.5, 0.6) is 5.75 Å². The molecule has 39 heavy (non-hydrogen) atoms. The van der Waals surface area contributed by atoms with Gasteiger partial charge in [0, 0.05) is 37.3 Å². The predicted octanol–water partition coefficient (Wildman–Crippen LogP) is 4.33. The molecule has 0 radical (unpaired) electrons. The highest BCUT2D eigenvalue weighted by atomic mass is 35.5. The number of carbonyl (C=O) groups is 2. The first kappa shape index (κ1) is 27.3. The highest BCUT2D eigenvalue weighted by Gasteiger charge is 2.51. The molecular formula is C29H30Cl2N4O4. The van der Waals surface area contributed by atoms with Gasteiger partial charge in [0.05, 0.1) is 28.9 Å². The zero-order valence-electron chi connectivity index (χ0n) is 21.5. The van der Waals surface area contributed by atoms with E-state index in [0.717, 1.165) is 16.7 Å². The second-order valence-corrected chi connectivity index (χ2v) is 10.8. The molecule has 10 heteroatoms. The third-order valence-electron chi connectivity index (χ3n) is 7.59. The average molecular weight is 569 g/mol. The van der Waals surface area contributed by atoms with E-state index in [2.05, 4.69) is 4.90 Å². The topological polar surface area (TPSA) is 111 Å². The number of hydrogen-bond donors (Lipinski definition) is 2. The zero-order chi connectivity index (χ0) is 27.7. The van der Waals surface area contributed by atoms with Crippen molar-refractivity contribution in [3.8, 4) is 16.9 Å². The Morgan fingerprint density at radius 2 is 1.59 bits per heavy atom. The Bertz CT molecular complexity index is 1380. The van der Waals surface area contributed by atoms with Gasteiger partial charge in [-0.05, 0) is 41.8 Å². The van der Waals surface area contributed by atoms with E-state index in [4.69, 9.17) is 44.1 Å². The fourth-order valence-electron chi connectivity index (χ4n) is 5.33. The number of amides is 2. The van der Waals surface area contributed by atoms with Crippen LogP contribution in [0.2, 0.25) is 10.0 Å². The van der Waals surface area contributed by atoms with Crippen molar-refractivity contribution < 1.29 is 19.1 Å². The fraction of sp³-hybridized carbons (Fsp3) is 0.310. The van der Waals surface area contributed by atoms with Crippen molar-refractivity contribution in [1.82, 2.24) is 4.90 Å². The van der Waals surface area contributed by atoms with Gasteiger partial charge in [-0.2, -0.15) is 0 Å². The molecule has 8 nitrogen and oxygen atoms in total. The third kappa shape index (κ3) is 5.30. The summed E-state index contributed by atoms with van der Waals surface area (Å²) >= 11 is 12.6. The minimum absolute atomic E-state index is 0.239. The number of nitrogens with two attached hydrogens (primary N) is 2. The first-order chi connectivity index (χ1) is 18.7. The maximum atomic E-state index is 13.5. The first-order valence-electron chi connectivity index (χ1n) is 12.7. The molecule has 2 aliphatic rings. The summed E-state index contributed by atoms with van der Waals surface area (Å²) < 4.78 is 11.2. The Morgan fingerprint density at radius 3 is 2.21 bits per heavy atom. The molecule has 3 aromatic rings. The van der Waals surface area contributed by atoms with Gasteiger partial charge >= 0.3 is 0 Å². The lowest BCUT2D eigenvalue weighted by atomic mass is 9.77. The highest BCUT2D eigenvalue weighted by molar-refractivity contribution is 6.42. The molecule has 1 saturated heterocycles. The van der Waals surface area contributed by atoms with Gasteiger partial charge in [0.2, 0.25) is 5.91 Å². The largest absolute Gasteiger partial charge is 0.482 e. The Balaban J connectivity index is 1.61. The summed E-state index contributed by atoms with van der Waals surface area (Å²) in [6.07, 6.45) is 0. The van der Waals surface area contributed by atoms with Crippen molar-refractivity contribution in [2.45, 2.75) is 18.4 Å². The molecule has 2 unspecified atom stereocenters. The zero-order valence-corrected chi connectivity index (χ0v) is 23.0. The molecule has 1 fully saturated rings. The number of benzene rings is 3. The summed E-state index contributed by atoms with van der Waals surface area (Å²) in [7, 11) is 0. The van der Waals surface area contributed by atoms with E-state index in [-0.39, 0.29) is 16.7 Å². The summed E-state index contributed by atoms with van der Waals surface area (Å²) in [4.78, 5) is 30.6. The molecule has 4 N–H and O–H groups in total. The molecular weight excluding hydrogens is 539 g/mol. The van der Waals surface area contributed by atoms with Gasteiger partial charge in [-0.15, -0.1) is 0 Å². The summed E-state index contributed by atoms with van der Waals surface area (Å²) in [5.41, 5.74) is 14.5. The van der Waals surface area contributed by atoms with Gasteiger partial charge in [-0.25, -0.2) is 0 Å². The summed E-state index contributed by atoms with van der Waals surface area (Å²) in [5, 5.41) is 0.525. The first-order valence-corrected chi connectivity index (χ1v) is 13.4. The molecule has 0 saturated carbocycles. The molecule has 2 aliphatic heterocycles. The second kappa shape index (κ2) is 11.1. The van der Waals surface area contributed by atoms with Gasteiger partial charge in [-0.1, -0.05) is 59.6 Å². The van der Waals surface area contributed by atoms with Crippen LogP contribution in [0.3, 0.4) is 0 Å². The summed E-state index contributed by atoms with van der Waals surface area (Å²) in [6, 6.07) is 18.7. The molecule has 0 aromatic heterocycles. The second-order valence-electron chi connectivity index (χ2n) is 9.97. The SMILES string of the molecule is CC(C(N)=O)(C(CN1CCOCC1)c1ccc(-c2ccc(N)cc2)cc1)N1C(=O)COc2cc(Cl)c(Cl)cc21. The van der Waals surface area contributed by atoms with E-state index in [1.807, 2.05) is 48.5 Å². The highest BCUT2D eigenvalue weighted by Crippen LogP contribution is 2.45. The average Bonchev–Trinajstić information content (AvgIpc) is 2.93. The lowest BCUT2D eigenvalue weighted by molar-refractivity contribution is -0.130. The number of ether oxygens (including phenoxy) is 2. The van der Waals surface area contributed by atoms with Crippen LogP contribution in [0.15, 0.2) is 60.7 Å². The molecule has 2 amide bonds. The molecule has 0 bridgehead atoms. The lowest BCUT2D eigenvalue weighted by Gasteiger charge is -2.47. The standard InChI is InChI=1S/C29H30Cl2N4O4/c1-29(28(33)37,35-25-14-23(30)24(31)15-26(25)39-17-27(35)36)22(16-34-10-12-38-13-11-34)20-4-2-18(3-5-20)19-6-8-21(32)9-7-19/h2-9,14-15,22H,10-13,16-17,32H2,1H3,(H2,33,37). The molecule has 0 spiro atoms. The minimum Gasteiger partial charge on any atom is -0.482 e. The van der Waals surface area contributed by atoms with Crippen molar-refractivity contribution in [3.05, 3.63) is 76.3 Å². The Labute approximate surface area is 237 Å². The number of morpholine rings is 1. The summed E-state index contributed by atoms with van der Waals surface area (Å²) in [5.74, 6) is -1.17. The fourth-order valence-corrected chi connectivity index (χ4v) is 5.64. The van der Waals surface area contributed by atoms with E-state index >= 15 is 0 Å². The van der Waals surface area contributed by atoms with Crippen molar-refractivity contribution in [2.24, 2.45) is 5.73 Å². The van der Waals surface area contributed by atoms with Crippen LogP contribution in [0, 0.1) is 0 Å². The number of rotatable bonds is 7. The number of hydrogen-bond acceptors (Lipinski definition) is 6. The van der Waals surface area contributed by atoms with E-state index < -0.39 is 23.3 Å². The predicted molar refractivity (Wildman–Crippen MR) is 153 cm³/mol. The molecule has 2 atom stereocenters. The molecule has 204 valence electrons. The number of carbonyl (C=O) groups excluding carboxylic acids is 2. The molecule has 5 rings (SSSR count).